The Labute approximate surface area is 104 Å². The van der Waals surface area contributed by atoms with Gasteiger partial charge in [0.25, 0.3) is 5.69 Å². The fourth-order valence-corrected chi connectivity index (χ4v) is 1.37. The van der Waals surface area contributed by atoms with Crippen LogP contribution in [0.15, 0.2) is 24.3 Å². The van der Waals surface area contributed by atoms with E-state index in [0.717, 1.165) is 0 Å². The maximum absolute atomic E-state index is 12.4. The molecule has 0 aliphatic carbocycles. The summed E-state index contributed by atoms with van der Waals surface area (Å²) in [6.45, 7) is 0. The number of nitro benzene ring substituents is 1. The molecule has 0 unspecified atom stereocenters. The summed E-state index contributed by atoms with van der Waals surface area (Å²) < 4.78 is 24.9. The highest BCUT2D eigenvalue weighted by atomic mass is 79.9. The van der Waals surface area contributed by atoms with E-state index in [0.29, 0.717) is 0 Å². The van der Waals surface area contributed by atoms with Crippen LogP contribution in [0.3, 0.4) is 0 Å². The van der Waals surface area contributed by atoms with Crippen LogP contribution in [0.4, 0.5) is 14.5 Å². The standard InChI is InChI=1S/C10H8BrF2NO3/c11-10(12,13)6-5-9(15)7-1-3-8(4-2-7)14(16)17/h1-4H,5-6H2. The van der Waals surface area contributed by atoms with Crippen LogP contribution >= 0.6 is 15.9 Å². The van der Waals surface area contributed by atoms with E-state index in [9.17, 15) is 23.7 Å². The summed E-state index contributed by atoms with van der Waals surface area (Å²) in [6, 6.07) is 4.85. The first-order valence-corrected chi connectivity index (χ1v) is 5.43. The predicted octanol–water partition coefficient (Wildman–Crippen LogP) is 3.55. The van der Waals surface area contributed by atoms with Crippen LogP contribution < -0.4 is 0 Å². The molecule has 0 fully saturated rings. The normalized spacial score (nSPS) is 11.2. The molecule has 1 rings (SSSR count). The fourth-order valence-electron chi connectivity index (χ4n) is 1.17. The zero-order chi connectivity index (χ0) is 13.1. The van der Waals surface area contributed by atoms with Gasteiger partial charge in [-0.1, -0.05) is 0 Å². The Hall–Kier alpha value is -1.37. The Balaban J connectivity index is 2.67. The Kier molecular flexibility index (Phi) is 4.28. The van der Waals surface area contributed by atoms with Crippen molar-refractivity contribution in [1.29, 1.82) is 0 Å². The summed E-state index contributed by atoms with van der Waals surface area (Å²) in [5.41, 5.74) is 0.0414. The molecule has 0 spiro atoms. The van der Waals surface area contributed by atoms with Crippen molar-refractivity contribution < 1.29 is 18.5 Å². The molecule has 0 saturated heterocycles. The van der Waals surface area contributed by atoms with Crippen molar-refractivity contribution in [3.63, 3.8) is 0 Å². The number of nitro groups is 1. The lowest BCUT2D eigenvalue weighted by molar-refractivity contribution is -0.384. The molecule has 0 atom stereocenters. The zero-order valence-electron chi connectivity index (χ0n) is 8.53. The second-order valence-electron chi connectivity index (χ2n) is 3.34. The minimum atomic E-state index is -3.07. The zero-order valence-corrected chi connectivity index (χ0v) is 10.1. The van der Waals surface area contributed by atoms with E-state index in [1.165, 1.54) is 24.3 Å². The SMILES string of the molecule is O=C(CCC(F)(F)Br)c1ccc([N+](=O)[O-])cc1. The number of ketones is 1. The van der Waals surface area contributed by atoms with Crippen molar-refractivity contribution in [3.05, 3.63) is 39.9 Å². The van der Waals surface area contributed by atoms with E-state index >= 15 is 0 Å². The number of carbonyl (C=O) groups is 1. The van der Waals surface area contributed by atoms with Gasteiger partial charge in [0.1, 0.15) is 0 Å². The molecular formula is C10H8BrF2NO3. The number of hydrogen-bond donors (Lipinski definition) is 0. The topological polar surface area (TPSA) is 60.2 Å². The van der Waals surface area contributed by atoms with Gasteiger partial charge in [0.15, 0.2) is 5.78 Å². The minimum absolute atomic E-state index is 0.146. The molecule has 0 bridgehead atoms. The molecule has 1 aromatic carbocycles. The van der Waals surface area contributed by atoms with Crippen LogP contribution in [0.2, 0.25) is 0 Å². The number of halogens is 3. The molecule has 0 aromatic heterocycles. The molecule has 7 heteroatoms. The highest BCUT2D eigenvalue weighted by Gasteiger charge is 2.25. The molecule has 0 aliphatic rings. The molecule has 0 N–H and O–H groups in total. The van der Waals surface area contributed by atoms with Gasteiger partial charge in [-0.3, -0.25) is 14.9 Å². The van der Waals surface area contributed by atoms with Crippen molar-refractivity contribution in [2.45, 2.75) is 17.7 Å². The molecule has 0 radical (unpaired) electrons. The van der Waals surface area contributed by atoms with Gasteiger partial charge in [0.2, 0.25) is 0 Å². The van der Waals surface area contributed by atoms with Crippen molar-refractivity contribution in [2.24, 2.45) is 0 Å². The fraction of sp³-hybridized carbons (Fsp3) is 0.300. The molecule has 0 saturated carbocycles. The third kappa shape index (κ3) is 4.56. The van der Waals surface area contributed by atoms with Crippen LogP contribution in [0.1, 0.15) is 23.2 Å². The Morgan fingerprint density at radius 1 is 1.35 bits per heavy atom. The van der Waals surface area contributed by atoms with Gasteiger partial charge in [-0.05, 0) is 28.1 Å². The summed E-state index contributed by atoms with van der Waals surface area (Å²) in [4.78, 5) is 18.1. The van der Waals surface area contributed by atoms with Crippen molar-refractivity contribution in [3.8, 4) is 0 Å². The van der Waals surface area contributed by atoms with Crippen LogP contribution in [0.5, 0.6) is 0 Å². The monoisotopic (exact) mass is 307 g/mol. The van der Waals surface area contributed by atoms with Gasteiger partial charge < -0.3 is 0 Å². The predicted molar refractivity (Wildman–Crippen MR) is 60.5 cm³/mol. The number of non-ortho nitro benzene ring substituents is 1. The Morgan fingerprint density at radius 3 is 2.29 bits per heavy atom. The number of alkyl halides is 3. The lowest BCUT2D eigenvalue weighted by atomic mass is 10.1. The molecule has 17 heavy (non-hydrogen) atoms. The van der Waals surface area contributed by atoms with Crippen LogP contribution in [-0.4, -0.2) is 15.5 Å². The molecule has 92 valence electrons. The van der Waals surface area contributed by atoms with Gasteiger partial charge in [-0.25, -0.2) is 0 Å². The first-order chi connectivity index (χ1) is 7.79. The van der Waals surface area contributed by atoms with Gasteiger partial charge in [0.05, 0.1) is 4.92 Å². The molecular weight excluding hydrogens is 300 g/mol. The molecule has 0 amide bonds. The van der Waals surface area contributed by atoms with Gasteiger partial charge in [0, 0.05) is 30.5 Å². The molecule has 0 heterocycles. The minimum Gasteiger partial charge on any atom is -0.294 e. The second kappa shape index (κ2) is 5.31. The number of benzene rings is 1. The van der Waals surface area contributed by atoms with Gasteiger partial charge in [-0.15, -0.1) is 0 Å². The highest BCUT2D eigenvalue weighted by molar-refractivity contribution is 9.09. The summed E-state index contributed by atoms with van der Waals surface area (Å²) >= 11 is 2.14. The number of nitrogens with zero attached hydrogens (tertiary/aromatic N) is 1. The van der Waals surface area contributed by atoms with Crippen LogP contribution in [-0.2, 0) is 0 Å². The largest absolute Gasteiger partial charge is 0.301 e. The smallest absolute Gasteiger partial charge is 0.294 e. The average Bonchev–Trinajstić information content (AvgIpc) is 2.25. The van der Waals surface area contributed by atoms with Crippen molar-refractivity contribution in [2.75, 3.05) is 0 Å². The summed E-state index contributed by atoms with van der Waals surface area (Å²) in [5.74, 6) is -0.473. The van der Waals surface area contributed by atoms with Gasteiger partial charge in [-0.2, -0.15) is 8.78 Å². The average molecular weight is 308 g/mol. The summed E-state index contributed by atoms with van der Waals surface area (Å²) in [7, 11) is 0. The second-order valence-corrected chi connectivity index (χ2v) is 4.50. The quantitative estimate of drug-likeness (QED) is 0.362. The van der Waals surface area contributed by atoms with E-state index in [2.05, 4.69) is 15.9 Å². The maximum Gasteiger partial charge on any atom is 0.301 e. The van der Waals surface area contributed by atoms with Crippen molar-refractivity contribution >= 4 is 27.4 Å². The Bertz CT molecular complexity index is 428. The molecule has 1 aromatic rings. The molecule has 0 aliphatic heterocycles. The third-order valence-electron chi connectivity index (χ3n) is 2.04. The van der Waals surface area contributed by atoms with E-state index < -0.39 is 22.0 Å². The Morgan fingerprint density at radius 2 is 1.88 bits per heavy atom. The summed E-state index contributed by atoms with van der Waals surface area (Å²) in [5, 5.41) is 10.4. The highest BCUT2D eigenvalue weighted by Crippen LogP contribution is 2.28. The first-order valence-electron chi connectivity index (χ1n) is 4.64. The van der Waals surface area contributed by atoms with E-state index in [1.807, 2.05) is 0 Å². The van der Waals surface area contributed by atoms with E-state index in [1.54, 1.807) is 0 Å². The maximum atomic E-state index is 12.4. The third-order valence-corrected chi connectivity index (χ3v) is 2.43. The number of hydrogen-bond acceptors (Lipinski definition) is 3. The lowest BCUT2D eigenvalue weighted by Gasteiger charge is -2.06. The first kappa shape index (κ1) is 13.7. The molecule has 4 nitrogen and oxygen atoms in total. The van der Waals surface area contributed by atoms with E-state index in [-0.39, 0.29) is 17.7 Å². The number of Topliss-reactive ketones (excluding diaryl/α,β-unsaturated/α-hetero) is 1. The van der Waals surface area contributed by atoms with Crippen LogP contribution in [0.25, 0.3) is 0 Å². The summed E-state index contributed by atoms with van der Waals surface area (Å²) in [6.07, 6.45) is -0.932. The number of rotatable bonds is 5. The van der Waals surface area contributed by atoms with Crippen LogP contribution in [0, 0.1) is 10.1 Å². The van der Waals surface area contributed by atoms with Crippen molar-refractivity contribution in [1.82, 2.24) is 0 Å². The number of carbonyl (C=O) groups excluding carboxylic acids is 1. The van der Waals surface area contributed by atoms with E-state index in [4.69, 9.17) is 0 Å². The lowest BCUT2D eigenvalue weighted by Crippen LogP contribution is -2.09. The van der Waals surface area contributed by atoms with Gasteiger partial charge >= 0.3 is 4.83 Å².